The van der Waals surface area contributed by atoms with Gasteiger partial charge in [0.05, 0.1) is 0 Å². The number of nitrogen functional groups attached to an aromatic ring is 1. The Hall–Kier alpha value is -1.62. The van der Waals surface area contributed by atoms with Crippen LogP contribution in [0.15, 0.2) is 18.2 Å². The molecule has 5 nitrogen and oxygen atoms in total. The summed E-state index contributed by atoms with van der Waals surface area (Å²) in [6.07, 6.45) is 2.54. The Morgan fingerprint density at radius 2 is 2.37 bits per heavy atom. The van der Waals surface area contributed by atoms with Gasteiger partial charge in [-0.3, -0.25) is 10.3 Å². The third-order valence-electron chi connectivity index (χ3n) is 3.79. The number of nitrogens with zero attached hydrogens (tertiary/aromatic N) is 3. The van der Waals surface area contributed by atoms with Crippen molar-refractivity contribution in [1.82, 2.24) is 9.88 Å². The van der Waals surface area contributed by atoms with Crippen LogP contribution in [0.2, 0.25) is 0 Å². The van der Waals surface area contributed by atoms with Gasteiger partial charge in [-0.15, -0.1) is 0 Å². The number of amidine groups is 1. The molecule has 19 heavy (non-hydrogen) atoms. The predicted octanol–water partition coefficient (Wildman–Crippen LogP) is 1.29. The number of hydrogen-bond acceptors (Lipinski definition) is 4. The summed E-state index contributed by atoms with van der Waals surface area (Å²) in [4.78, 5) is 9.10. The van der Waals surface area contributed by atoms with Crippen LogP contribution in [0.3, 0.4) is 0 Å². The Kier molecular flexibility index (Phi) is 4.37. The van der Waals surface area contributed by atoms with Crippen LogP contribution in [-0.4, -0.2) is 48.4 Å². The molecule has 0 radical (unpaired) electrons. The molecule has 104 valence electrons. The summed E-state index contributed by atoms with van der Waals surface area (Å²) in [7, 11) is 2.05. The van der Waals surface area contributed by atoms with Gasteiger partial charge < -0.3 is 10.6 Å². The van der Waals surface area contributed by atoms with Crippen LogP contribution in [0.1, 0.15) is 25.5 Å². The lowest BCUT2D eigenvalue weighted by molar-refractivity contribution is 0.270. The number of hydrogen-bond donors (Lipinski definition) is 2. The Morgan fingerprint density at radius 1 is 1.58 bits per heavy atom. The van der Waals surface area contributed by atoms with E-state index in [-0.39, 0.29) is 5.84 Å². The molecule has 1 aromatic rings. The molecular formula is C14H23N5. The minimum absolute atomic E-state index is 0.0197. The zero-order valence-corrected chi connectivity index (χ0v) is 11.8. The van der Waals surface area contributed by atoms with Gasteiger partial charge in [-0.2, -0.15) is 0 Å². The monoisotopic (exact) mass is 261 g/mol. The third-order valence-corrected chi connectivity index (χ3v) is 3.79. The highest BCUT2D eigenvalue weighted by molar-refractivity contribution is 5.93. The van der Waals surface area contributed by atoms with Crippen LogP contribution in [0, 0.1) is 5.41 Å². The van der Waals surface area contributed by atoms with E-state index in [0.29, 0.717) is 11.7 Å². The second-order valence-electron chi connectivity index (χ2n) is 5.10. The van der Waals surface area contributed by atoms with E-state index in [1.54, 1.807) is 6.07 Å². The van der Waals surface area contributed by atoms with E-state index >= 15 is 0 Å². The summed E-state index contributed by atoms with van der Waals surface area (Å²) in [5.74, 6) is 0.905. The van der Waals surface area contributed by atoms with E-state index in [4.69, 9.17) is 11.1 Å². The van der Waals surface area contributed by atoms with Gasteiger partial charge in [0, 0.05) is 19.6 Å². The van der Waals surface area contributed by atoms with E-state index in [0.717, 1.165) is 18.9 Å². The highest BCUT2D eigenvalue weighted by atomic mass is 15.2. The van der Waals surface area contributed by atoms with Crippen molar-refractivity contribution in [2.45, 2.75) is 25.8 Å². The molecule has 0 saturated carbocycles. The van der Waals surface area contributed by atoms with Crippen molar-refractivity contribution in [3.63, 3.8) is 0 Å². The van der Waals surface area contributed by atoms with Crippen LogP contribution >= 0.6 is 0 Å². The maximum absolute atomic E-state index is 7.45. The number of pyridine rings is 1. The van der Waals surface area contributed by atoms with Crippen LogP contribution in [-0.2, 0) is 0 Å². The number of rotatable bonds is 5. The smallest absolute Gasteiger partial charge is 0.141 e. The van der Waals surface area contributed by atoms with E-state index in [1.165, 1.54) is 19.4 Å². The number of nitrogens with one attached hydrogen (secondary N) is 1. The van der Waals surface area contributed by atoms with Gasteiger partial charge in [-0.25, -0.2) is 4.98 Å². The highest BCUT2D eigenvalue weighted by Gasteiger charge is 2.24. The van der Waals surface area contributed by atoms with E-state index < -0.39 is 0 Å². The molecule has 1 saturated heterocycles. The first-order valence-corrected chi connectivity index (χ1v) is 6.88. The average molecular weight is 261 g/mol. The number of aromatic nitrogens is 1. The van der Waals surface area contributed by atoms with Crippen molar-refractivity contribution in [3.05, 3.63) is 23.9 Å². The van der Waals surface area contributed by atoms with Crippen molar-refractivity contribution < 1.29 is 0 Å². The minimum Gasteiger partial charge on any atom is -0.382 e. The standard InChI is InChI=1S/C14H23N5/c1-3-19-9-5-6-11(19)10-18(2)13-8-4-7-12(17-13)14(15)16/h4,7-8,11H,3,5-6,9-10H2,1-2H3,(H3,15,16). The quantitative estimate of drug-likeness (QED) is 0.619. The van der Waals surface area contributed by atoms with Crippen molar-refractivity contribution in [3.8, 4) is 0 Å². The molecule has 5 heteroatoms. The normalized spacial score (nSPS) is 19.6. The molecule has 0 amide bonds. The lowest BCUT2D eigenvalue weighted by Gasteiger charge is -2.28. The second-order valence-corrected chi connectivity index (χ2v) is 5.10. The molecule has 1 aliphatic rings. The molecule has 1 aliphatic heterocycles. The molecule has 2 rings (SSSR count). The van der Waals surface area contributed by atoms with E-state index in [1.807, 2.05) is 12.1 Å². The summed E-state index contributed by atoms with van der Waals surface area (Å²) in [5, 5.41) is 7.45. The lowest BCUT2D eigenvalue weighted by Crippen LogP contribution is -2.39. The Morgan fingerprint density at radius 3 is 3.05 bits per heavy atom. The number of anilines is 1. The third kappa shape index (κ3) is 3.23. The SMILES string of the molecule is CCN1CCCC1CN(C)c1cccc(C(=N)N)n1. The van der Waals surface area contributed by atoms with Gasteiger partial charge in [0.2, 0.25) is 0 Å². The van der Waals surface area contributed by atoms with Gasteiger partial charge in [-0.05, 0) is 38.1 Å². The summed E-state index contributed by atoms with van der Waals surface area (Å²) >= 11 is 0. The van der Waals surface area contributed by atoms with Crippen LogP contribution < -0.4 is 10.6 Å². The average Bonchev–Trinajstić information content (AvgIpc) is 2.86. The van der Waals surface area contributed by atoms with Crippen LogP contribution in [0.5, 0.6) is 0 Å². The van der Waals surface area contributed by atoms with Crippen molar-refractivity contribution in [2.24, 2.45) is 5.73 Å². The highest BCUT2D eigenvalue weighted by Crippen LogP contribution is 2.19. The van der Waals surface area contributed by atoms with Gasteiger partial charge in [-0.1, -0.05) is 13.0 Å². The van der Waals surface area contributed by atoms with E-state index in [2.05, 4.69) is 28.8 Å². The molecular weight excluding hydrogens is 238 g/mol. The topological polar surface area (TPSA) is 69.2 Å². The Balaban J connectivity index is 2.05. The zero-order valence-electron chi connectivity index (χ0n) is 11.8. The maximum atomic E-state index is 7.45. The van der Waals surface area contributed by atoms with Crippen molar-refractivity contribution >= 4 is 11.7 Å². The zero-order chi connectivity index (χ0) is 13.8. The molecule has 0 bridgehead atoms. The van der Waals surface area contributed by atoms with E-state index in [9.17, 15) is 0 Å². The lowest BCUT2D eigenvalue weighted by atomic mass is 10.2. The molecule has 0 spiro atoms. The van der Waals surface area contributed by atoms with Crippen LogP contribution in [0.4, 0.5) is 5.82 Å². The predicted molar refractivity (Wildman–Crippen MR) is 78.8 cm³/mol. The summed E-state index contributed by atoms with van der Waals surface area (Å²) in [6, 6.07) is 6.25. The molecule has 1 atom stereocenters. The summed E-state index contributed by atoms with van der Waals surface area (Å²) in [5.41, 5.74) is 6.03. The van der Waals surface area contributed by atoms with Gasteiger partial charge in [0.15, 0.2) is 0 Å². The second kappa shape index (κ2) is 6.02. The van der Waals surface area contributed by atoms with Crippen LogP contribution in [0.25, 0.3) is 0 Å². The summed E-state index contributed by atoms with van der Waals surface area (Å²) < 4.78 is 0. The fourth-order valence-electron chi connectivity index (χ4n) is 2.71. The molecule has 0 aliphatic carbocycles. The first-order valence-electron chi connectivity index (χ1n) is 6.88. The first-order chi connectivity index (χ1) is 9.11. The fraction of sp³-hybridized carbons (Fsp3) is 0.571. The molecule has 0 aromatic carbocycles. The van der Waals surface area contributed by atoms with Gasteiger partial charge in [0.1, 0.15) is 17.3 Å². The Labute approximate surface area is 114 Å². The largest absolute Gasteiger partial charge is 0.382 e. The summed E-state index contributed by atoms with van der Waals surface area (Å²) in [6.45, 7) is 5.50. The number of likely N-dealkylation sites (N-methyl/N-ethyl adjacent to an activating group) is 2. The Bertz CT molecular complexity index is 445. The number of likely N-dealkylation sites (tertiary alicyclic amines) is 1. The molecule has 1 fully saturated rings. The van der Waals surface area contributed by atoms with Crippen molar-refractivity contribution in [1.29, 1.82) is 5.41 Å². The van der Waals surface area contributed by atoms with Gasteiger partial charge >= 0.3 is 0 Å². The molecule has 2 heterocycles. The molecule has 1 unspecified atom stereocenters. The molecule has 1 aromatic heterocycles. The molecule has 3 N–H and O–H groups in total. The minimum atomic E-state index is 0.0197. The van der Waals surface area contributed by atoms with Crippen molar-refractivity contribution in [2.75, 3.05) is 31.6 Å². The number of nitrogens with two attached hydrogens (primary N) is 1. The van der Waals surface area contributed by atoms with Gasteiger partial charge in [0.25, 0.3) is 0 Å². The maximum Gasteiger partial charge on any atom is 0.141 e. The fourth-order valence-corrected chi connectivity index (χ4v) is 2.71. The first kappa shape index (κ1) is 13.8.